The van der Waals surface area contributed by atoms with E-state index in [1.54, 1.807) is 24.3 Å². The highest BCUT2D eigenvalue weighted by Crippen LogP contribution is 2.18. The molecule has 0 aliphatic carbocycles. The lowest BCUT2D eigenvalue weighted by Crippen LogP contribution is -2.17. The van der Waals surface area contributed by atoms with Gasteiger partial charge >= 0.3 is 0 Å². The Hall–Kier alpha value is -1.10. The van der Waals surface area contributed by atoms with Crippen LogP contribution >= 0.6 is 11.6 Å². The van der Waals surface area contributed by atoms with E-state index in [9.17, 15) is 4.79 Å². The minimum Gasteiger partial charge on any atom is -0.496 e. The smallest absolute Gasteiger partial charge is 0.256 e. The maximum absolute atomic E-state index is 10.7. The van der Waals surface area contributed by atoms with Gasteiger partial charge in [0.2, 0.25) is 0 Å². The monoisotopic (exact) mass is 271 g/mol. The van der Waals surface area contributed by atoms with Gasteiger partial charge in [-0.1, -0.05) is 12.1 Å². The van der Waals surface area contributed by atoms with Gasteiger partial charge in [0, 0.05) is 13.2 Å². The Kier molecular flexibility index (Phi) is 6.72. The summed E-state index contributed by atoms with van der Waals surface area (Å²) in [5.41, 5.74) is 5.71. The highest BCUT2D eigenvalue weighted by molar-refractivity contribution is 6.68. The molecule has 1 saturated heterocycles. The van der Waals surface area contributed by atoms with Crippen LogP contribution in [-0.4, -0.2) is 31.6 Å². The van der Waals surface area contributed by atoms with Crippen LogP contribution in [0, 0.1) is 0 Å². The van der Waals surface area contributed by atoms with E-state index in [2.05, 4.69) is 0 Å². The standard InChI is InChI=1S/C8H7ClO2.C5H11NO/c1-11-7-5-3-2-4-6(7)8(9)10;6-4-5-2-1-3-7-5/h2-5H,1H3;5H,1-4,6H2. The fourth-order valence-electron chi connectivity index (χ4n) is 1.64. The molecule has 0 radical (unpaired) electrons. The zero-order valence-corrected chi connectivity index (χ0v) is 11.2. The molecule has 0 aromatic heterocycles. The number of benzene rings is 1. The molecule has 5 heteroatoms. The first-order valence-electron chi connectivity index (χ1n) is 5.83. The first-order valence-corrected chi connectivity index (χ1v) is 6.21. The summed E-state index contributed by atoms with van der Waals surface area (Å²) >= 11 is 5.27. The number of nitrogens with two attached hydrogens (primary N) is 1. The van der Waals surface area contributed by atoms with Gasteiger partial charge < -0.3 is 15.2 Å². The number of ether oxygens (including phenoxy) is 2. The van der Waals surface area contributed by atoms with Crippen LogP contribution in [0.2, 0.25) is 0 Å². The van der Waals surface area contributed by atoms with Crippen LogP contribution in [0.25, 0.3) is 0 Å². The molecule has 2 N–H and O–H groups in total. The summed E-state index contributed by atoms with van der Waals surface area (Å²) in [4.78, 5) is 10.7. The number of methoxy groups -OCH3 is 1. The van der Waals surface area contributed by atoms with E-state index in [-0.39, 0.29) is 0 Å². The SMILES string of the molecule is COc1ccccc1C(=O)Cl.NCC1CCCO1. The van der Waals surface area contributed by atoms with Crippen LogP contribution in [0.5, 0.6) is 5.75 Å². The van der Waals surface area contributed by atoms with E-state index in [0.29, 0.717) is 24.0 Å². The largest absolute Gasteiger partial charge is 0.496 e. The minimum absolute atomic E-state index is 0.375. The lowest BCUT2D eigenvalue weighted by atomic mass is 10.2. The third-order valence-electron chi connectivity index (χ3n) is 2.61. The van der Waals surface area contributed by atoms with E-state index in [1.807, 2.05) is 0 Å². The third kappa shape index (κ3) is 4.64. The van der Waals surface area contributed by atoms with Crippen molar-refractivity contribution in [3.63, 3.8) is 0 Å². The zero-order chi connectivity index (χ0) is 13.4. The molecule has 1 aliphatic rings. The van der Waals surface area contributed by atoms with Crippen molar-refractivity contribution in [2.45, 2.75) is 18.9 Å². The van der Waals surface area contributed by atoms with Crippen LogP contribution in [0.1, 0.15) is 23.2 Å². The van der Waals surface area contributed by atoms with Crippen molar-refractivity contribution in [3.8, 4) is 5.75 Å². The van der Waals surface area contributed by atoms with E-state index in [4.69, 9.17) is 26.8 Å². The van der Waals surface area contributed by atoms with Crippen molar-refractivity contribution in [1.82, 2.24) is 0 Å². The molecule has 1 heterocycles. The first-order chi connectivity index (χ1) is 8.69. The van der Waals surface area contributed by atoms with E-state index < -0.39 is 5.24 Å². The highest BCUT2D eigenvalue weighted by atomic mass is 35.5. The Morgan fingerprint density at radius 3 is 2.67 bits per heavy atom. The van der Waals surface area contributed by atoms with Crippen molar-refractivity contribution in [1.29, 1.82) is 0 Å². The fraction of sp³-hybridized carbons (Fsp3) is 0.462. The van der Waals surface area contributed by atoms with Crippen LogP contribution in [0.3, 0.4) is 0 Å². The van der Waals surface area contributed by atoms with Gasteiger partial charge in [-0.15, -0.1) is 0 Å². The third-order valence-corrected chi connectivity index (χ3v) is 2.81. The summed E-state index contributed by atoms with van der Waals surface area (Å²) in [7, 11) is 1.50. The molecule has 4 nitrogen and oxygen atoms in total. The molecule has 1 aliphatic heterocycles. The maximum Gasteiger partial charge on any atom is 0.256 e. The molecular formula is C13H18ClNO3. The Balaban J connectivity index is 0.000000199. The molecule has 1 aromatic carbocycles. The second-order valence-electron chi connectivity index (χ2n) is 3.84. The second-order valence-corrected chi connectivity index (χ2v) is 4.19. The number of rotatable bonds is 3. The lowest BCUT2D eigenvalue weighted by molar-refractivity contribution is 0.107. The molecule has 100 valence electrons. The molecule has 1 fully saturated rings. The zero-order valence-electron chi connectivity index (χ0n) is 10.4. The summed E-state index contributed by atoms with van der Waals surface area (Å²) in [5, 5.41) is -0.498. The Bertz CT molecular complexity index is 378. The number of halogens is 1. The number of hydrogen-bond acceptors (Lipinski definition) is 4. The van der Waals surface area contributed by atoms with Gasteiger partial charge in [0.1, 0.15) is 5.75 Å². The first kappa shape index (κ1) is 15.0. The van der Waals surface area contributed by atoms with Crippen LogP contribution in [0.15, 0.2) is 24.3 Å². The normalized spacial score (nSPS) is 17.8. The Labute approximate surface area is 112 Å². The van der Waals surface area contributed by atoms with Gasteiger partial charge in [0.15, 0.2) is 0 Å². The van der Waals surface area contributed by atoms with Crippen molar-refractivity contribution >= 4 is 16.8 Å². The van der Waals surface area contributed by atoms with Crippen LogP contribution < -0.4 is 10.5 Å². The van der Waals surface area contributed by atoms with Gasteiger partial charge in [-0.25, -0.2) is 0 Å². The summed E-state index contributed by atoms with van der Waals surface area (Å²) in [6.45, 7) is 1.61. The van der Waals surface area contributed by atoms with Crippen molar-refractivity contribution in [2.24, 2.45) is 5.73 Å². The van der Waals surface area contributed by atoms with Gasteiger partial charge in [-0.05, 0) is 36.6 Å². The highest BCUT2D eigenvalue weighted by Gasteiger charge is 2.11. The molecular weight excluding hydrogens is 254 g/mol. The fourth-order valence-corrected chi connectivity index (χ4v) is 1.79. The molecule has 2 rings (SSSR count). The average Bonchev–Trinajstić information content (AvgIpc) is 2.92. The van der Waals surface area contributed by atoms with Gasteiger partial charge in [-0.2, -0.15) is 0 Å². The Morgan fingerprint density at radius 1 is 1.56 bits per heavy atom. The van der Waals surface area contributed by atoms with Crippen molar-refractivity contribution < 1.29 is 14.3 Å². The molecule has 0 saturated carbocycles. The second kappa shape index (κ2) is 8.08. The molecule has 18 heavy (non-hydrogen) atoms. The van der Waals surface area contributed by atoms with E-state index in [0.717, 1.165) is 13.0 Å². The number of hydrogen-bond donors (Lipinski definition) is 1. The van der Waals surface area contributed by atoms with Gasteiger partial charge in [0.05, 0.1) is 18.8 Å². The van der Waals surface area contributed by atoms with E-state index >= 15 is 0 Å². The van der Waals surface area contributed by atoms with Crippen LogP contribution in [0.4, 0.5) is 0 Å². The molecule has 0 spiro atoms. The van der Waals surface area contributed by atoms with Crippen molar-refractivity contribution in [2.75, 3.05) is 20.3 Å². The number of para-hydroxylation sites is 1. The quantitative estimate of drug-likeness (QED) is 0.856. The molecule has 1 aromatic rings. The predicted octanol–water partition coefficient (Wildman–Crippen LogP) is 2.20. The summed E-state index contributed by atoms with van der Waals surface area (Å²) in [6, 6.07) is 6.82. The molecule has 0 bridgehead atoms. The Morgan fingerprint density at radius 2 is 2.28 bits per heavy atom. The lowest BCUT2D eigenvalue weighted by Gasteiger charge is -2.01. The summed E-state index contributed by atoms with van der Waals surface area (Å²) < 4.78 is 10.1. The molecule has 0 amide bonds. The molecule has 1 unspecified atom stereocenters. The summed E-state index contributed by atoms with van der Waals surface area (Å²) in [5.74, 6) is 0.507. The predicted molar refractivity (Wildman–Crippen MR) is 71.2 cm³/mol. The van der Waals surface area contributed by atoms with Crippen LogP contribution in [-0.2, 0) is 4.74 Å². The van der Waals surface area contributed by atoms with Crippen molar-refractivity contribution in [3.05, 3.63) is 29.8 Å². The minimum atomic E-state index is -0.498. The average molecular weight is 272 g/mol. The van der Waals surface area contributed by atoms with Gasteiger partial charge in [-0.3, -0.25) is 4.79 Å². The van der Waals surface area contributed by atoms with Gasteiger partial charge in [0.25, 0.3) is 5.24 Å². The number of carbonyl (C=O) groups is 1. The topological polar surface area (TPSA) is 61.5 Å². The summed E-state index contributed by atoms with van der Waals surface area (Å²) in [6.07, 6.45) is 2.73. The number of carbonyl (C=O) groups excluding carboxylic acids is 1. The molecule has 1 atom stereocenters. The van der Waals surface area contributed by atoms with E-state index in [1.165, 1.54) is 13.5 Å². The maximum atomic E-state index is 10.7.